The summed E-state index contributed by atoms with van der Waals surface area (Å²) in [4.78, 5) is 2.08. The molecule has 3 N–H and O–H groups in total. The maximum atomic E-state index is 5.58. The Labute approximate surface area is 104 Å². The number of nitrogens with one attached hydrogen (secondary N) is 1. The van der Waals surface area contributed by atoms with Crippen molar-refractivity contribution in [2.45, 2.75) is 18.9 Å². The molecule has 0 saturated carbocycles. The SMILES string of the molecule is COCCCC(NN)c1ccc(N(C)C)cc1. The second-order valence-electron chi connectivity index (χ2n) is 4.34. The Bertz CT molecular complexity index is 311. The molecule has 0 fully saturated rings. The number of benzene rings is 1. The van der Waals surface area contributed by atoms with Crippen molar-refractivity contribution in [3.8, 4) is 0 Å². The predicted octanol–water partition coefficient (Wildman–Crippen LogP) is 1.68. The van der Waals surface area contributed by atoms with Crippen molar-refractivity contribution in [3.63, 3.8) is 0 Å². The number of rotatable bonds is 7. The molecule has 1 unspecified atom stereocenters. The number of hydrazine groups is 1. The molecule has 0 aliphatic carbocycles. The first-order chi connectivity index (χ1) is 8.19. The molecule has 0 amide bonds. The van der Waals surface area contributed by atoms with Gasteiger partial charge in [-0.1, -0.05) is 12.1 Å². The molecule has 1 atom stereocenters. The average Bonchev–Trinajstić information content (AvgIpc) is 2.35. The lowest BCUT2D eigenvalue weighted by Crippen LogP contribution is -2.28. The summed E-state index contributed by atoms with van der Waals surface area (Å²) in [5.41, 5.74) is 5.27. The van der Waals surface area contributed by atoms with Crippen molar-refractivity contribution in [1.82, 2.24) is 5.43 Å². The minimum atomic E-state index is 0.196. The van der Waals surface area contributed by atoms with Crippen LogP contribution < -0.4 is 16.2 Å². The van der Waals surface area contributed by atoms with Crippen LogP contribution in [0.5, 0.6) is 0 Å². The molecule has 0 aliphatic rings. The fraction of sp³-hybridized carbons (Fsp3) is 0.538. The van der Waals surface area contributed by atoms with Crippen LogP contribution in [0.1, 0.15) is 24.4 Å². The number of nitrogens with two attached hydrogens (primary N) is 1. The molecule has 17 heavy (non-hydrogen) atoms. The van der Waals surface area contributed by atoms with Gasteiger partial charge in [0.2, 0.25) is 0 Å². The first-order valence-electron chi connectivity index (χ1n) is 5.91. The Morgan fingerprint density at radius 1 is 1.29 bits per heavy atom. The third-order valence-corrected chi connectivity index (χ3v) is 2.85. The summed E-state index contributed by atoms with van der Waals surface area (Å²) in [6, 6.07) is 8.65. The minimum Gasteiger partial charge on any atom is -0.385 e. The zero-order valence-electron chi connectivity index (χ0n) is 10.9. The summed E-state index contributed by atoms with van der Waals surface area (Å²) >= 11 is 0. The van der Waals surface area contributed by atoms with Crippen LogP contribution >= 0.6 is 0 Å². The number of ether oxygens (including phenoxy) is 1. The second kappa shape index (κ2) is 7.27. The van der Waals surface area contributed by atoms with Gasteiger partial charge in [0, 0.05) is 39.5 Å². The quantitative estimate of drug-likeness (QED) is 0.430. The highest BCUT2D eigenvalue weighted by molar-refractivity contribution is 5.46. The van der Waals surface area contributed by atoms with Gasteiger partial charge in [-0.3, -0.25) is 11.3 Å². The minimum absolute atomic E-state index is 0.196. The first-order valence-corrected chi connectivity index (χ1v) is 5.91. The van der Waals surface area contributed by atoms with Crippen molar-refractivity contribution in [1.29, 1.82) is 0 Å². The second-order valence-corrected chi connectivity index (χ2v) is 4.34. The van der Waals surface area contributed by atoms with Gasteiger partial charge in [0.25, 0.3) is 0 Å². The van der Waals surface area contributed by atoms with Gasteiger partial charge in [-0.2, -0.15) is 0 Å². The molecule has 0 aromatic heterocycles. The lowest BCUT2D eigenvalue weighted by molar-refractivity contribution is 0.189. The Kier molecular flexibility index (Phi) is 5.97. The van der Waals surface area contributed by atoms with Crippen LogP contribution in [-0.4, -0.2) is 27.8 Å². The molecule has 0 saturated heterocycles. The number of hydrogen-bond donors (Lipinski definition) is 2. The summed E-state index contributed by atoms with van der Waals surface area (Å²) in [5, 5.41) is 0. The Balaban J connectivity index is 2.62. The van der Waals surface area contributed by atoms with E-state index in [4.69, 9.17) is 10.6 Å². The van der Waals surface area contributed by atoms with Crippen molar-refractivity contribution < 1.29 is 4.74 Å². The molecule has 1 aromatic carbocycles. The fourth-order valence-electron chi connectivity index (χ4n) is 1.78. The molecule has 4 nitrogen and oxygen atoms in total. The predicted molar refractivity (Wildman–Crippen MR) is 71.9 cm³/mol. The summed E-state index contributed by atoms with van der Waals surface area (Å²) in [7, 11) is 5.79. The van der Waals surface area contributed by atoms with E-state index < -0.39 is 0 Å². The van der Waals surface area contributed by atoms with Crippen LogP contribution in [0.4, 0.5) is 5.69 Å². The van der Waals surface area contributed by atoms with E-state index in [9.17, 15) is 0 Å². The molecule has 0 aliphatic heterocycles. The van der Waals surface area contributed by atoms with Crippen molar-refractivity contribution in [2.24, 2.45) is 5.84 Å². The summed E-state index contributed by atoms with van der Waals surface area (Å²) in [6.07, 6.45) is 1.98. The van der Waals surface area contributed by atoms with E-state index in [0.29, 0.717) is 0 Å². The van der Waals surface area contributed by atoms with E-state index in [-0.39, 0.29) is 6.04 Å². The molecular formula is C13H23N3O. The molecular weight excluding hydrogens is 214 g/mol. The van der Waals surface area contributed by atoms with E-state index in [1.807, 2.05) is 14.1 Å². The number of nitrogens with zero attached hydrogens (tertiary/aromatic N) is 1. The van der Waals surface area contributed by atoms with Gasteiger partial charge in [-0.25, -0.2) is 0 Å². The van der Waals surface area contributed by atoms with E-state index in [1.54, 1.807) is 7.11 Å². The van der Waals surface area contributed by atoms with Crippen molar-refractivity contribution in [3.05, 3.63) is 29.8 Å². The fourth-order valence-corrected chi connectivity index (χ4v) is 1.78. The smallest absolute Gasteiger partial charge is 0.0462 e. The van der Waals surface area contributed by atoms with Gasteiger partial charge in [0.15, 0.2) is 0 Å². The van der Waals surface area contributed by atoms with Crippen LogP contribution in [0.2, 0.25) is 0 Å². The zero-order chi connectivity index (χ0) is 12.7. The third kappa shape index (κ3) is 4.34. The molecule has 1 rings (SSSR count). The maximum Gasteiger partial charge on any atom is 0.0462 e. The number of hydrogen-bond acceptors (Lipinski definition) is 4. The van der Waals surface area contributed by atoms with Gasteiger partial charge in [0.05, 0.1) is 0 Å². The third-order valence-electron chi connectivity index (χ3n) is 2.85. The Morgan fingerprint density at radius 3 is 2.41 bits per heavy atom. The van der Waals surface area contributed by atoms with Crippen molar-refractivity contribution >= 4 is 5.69 Å². The van der Waals surface area contributed by atoms with Crippen LogP contribution in [0, 0.1) is 0 Å². The first kappa shape index (κ1) is 14.0. The van der Waals surface area contributed by atoms with Gasteiger partial charge in [-0.15, -0.1) is 0 Å². The number of anilines is 1. The highest BCUT2D eigenvalue weighted by Crippen LogP contribution is 2.20. The highest BCUT2D eigenvalue weighted by atomic mass is 16.5. The van der Waals surface area contributed by atoms with Gasteiger partial charge < -0.3 is 9.64 Å². The van der Waals surface area contributed by atoms with E-state index in [0.717, 1.165) is 19.4 Å². The number of methoxy groups -OCH3 is 1. The molecule has 0 heterocycles. The van der Waals surface area contributed by atoms with Crippen LogP contribution in [0.25, 0.3) is 0 Å². The summed E-state index contributed by atoms with van der Waals surface area (Å²) < 4.78 is 5.05. The highest BCUT2D eigenvalue weighted by Gasteiger charge is 2.09. The molecule has 0 spiro atoms. The van der Waals surface area contributed by atoms with Crippen LogP contribution in [-0.2, 0) is 4.74 Å². The normalized spacial score (nSPS) is 12.5. The standard InChI is InChI=1S/C13H23N3O/c1-16(2)12-8-6-11(7-9-12)13(15-14)5-4-10-17-3/h6-9,13,15H,4-5,10,14H2,1-3H3. The largest absolute Gasteiger partial charge is 0.385 e. The zero-order valence-corrected chi connectivity index (χ0v) is 10.9. The molecule has 0 bridgehead atoms. The summed E-state index contributed by atoms with van der Waals surface area (Å²) in [6.45, 7) is 0.772. The molecule has 4 heteroatoms. The van der Waals surface area contributed by atoms with E-state index in [1.165, 1.54) is 11.3 Å². The Morgan fingerprint density at radius 2 is 1.94 bits per heavy atom. The van der Waals surface area contributed by atoms with Gasteiger partial charge in [0.1, 0.15) is 0 Å². The van der Waals surface area contributed by atoms with Gasteiger partial charge in [-0.05, 0) is 30.5 Å². The summed E-state index contributed by atoms with van der Waals surface area (Å²) in [5.74, 6) is 5.58. The van der Waals surface area contributed by atoms with Crippen molar-refractivity contribution in [2.75, 3.05) is 32.7 Å². The molecule has 96 valence electrons. The molecule has 0 radical (unpaired) electrons. The van der Waals surface area contributed by atoms with E-state index >= 15 is 0 Å². The Hall–Kier alpha value is -1.10. The monoisotopic (exact) mass is 237 g/mol. The lowest BCUT2D eigenvalue weighted by atomic mass is 10.0. The van der Waals surface area contributed by atoms with Gasteiger partial charge >= 0.3 is 0 Å². The van der Waals surface area contributed by atoms with Crippen LogP contribution in [0.15, 0.2) is 24.3 Å². The van der Waals surface area contributed by atoms with E-state index in [2.05, 4.69) is 34.6 Å². The van der Waals surface area contributed by atoms with Crippen LogP contribution in [0.3, 0.4) is 0 Å². The lowest BCUT2D eigenvalue weighted by Gasteiger charge is -2.18. The topological polar surface area (TPSA) is 50.5 Å². The average molecular weight is 237 g/mol. The maximum absolute atomic E-state index is 5.58. The molecule has 1 aromatic rings.